The first kappa shape index (κ1) is 30.5. The van der Waals surface area contributed by atoms with Crippen LogP contribution in [0, 0.1) is 0 Å². The summed E-state index contributed by atoms with van der Waals surface area (Å²) < 4.78 is 17.6. The molecule has 208 valence electrons. The minimum atomic E-state index is -1.09. The number of rotatable bonds is 7. The first-order valence-corrected chi connectivity index (χ1v) is 13.0. The molecule has 2 heterocycles. The molecule has 9 nitrogen and oxygen atoms in total. The summed E-state index contributed by atoms with van der Waals surface area (Å²) in [7, 11) is 0. The molecule has 1 aromatic heterocycles. The molecule has 0 spiro atoms. The predicted molar refractivity (Wildman–Crippen MR) is 148 cm³/mol. The number of nitrogens with zero attached hydrogens (tertiary/aromatic N) is 3. The van der Waals surface area contributed by atoms with Crippen LogP contribution in [-0.4, -0.2) is 50.3 Å². The highest BCUT2D eigenvalue weighted by Gasteiger charge is 2.29. The van der Waals surface area contributed by atoms with Gasteiger partial charge in [-0.1, -0.05) is 64.6 Å². The Morgan fingerprint density at radius 1 is 1.08 bits per heavy atom. The van der Waals surface area contributed by atoms with E-state index < -0.39 is 25.3 Å². The van der Waals surface area contributed by atoms with E-state index in [4.69, 9.17) is 56.2 Å². The molecule has 14 heteroatoms. The van der Waals surface area contributed by atoms with Crippen LogP contribution in [0.4, 0.5) is 20.8 Å². The molecule has 2 aromatic carbocycles. The average Bonchev–Trinajstić information content (AvgIpc) is 2.91. The fourth-order valence-corrected chi connectivity index (χ4v) is 4.57. The van der Waals surface area contributed by atoms with Crippen molar-refractivity contribution in [3.63, 3.8) is 0 Å². The van der Waals surface area contributed by atoms with Gasteiger partial charge in [0.25, 0.3) is 0 Å². The van der Waals surface area contributed by atoms with Crippen molar-refractivity contribution in [1.29, 1.82) is 0 Å². The molecule has 3 aromatic rings. The van der Waals surface area contributed by atoms with Gasteiger partial charge >= 0.3 is 12.1 Å². The lowest BCUT2D eigenvalue weighted by molar-refractivity contribution is -0.139. The largest absolute Gasteiger partial charge is 0.480 e. The molecule has 39 heavy (non-hydrogen) atoms. The third-order valence-corrected chi connectivity index (χ3v) is 6.94. The van der Waals surface area contributed by atoms with Gasteiger partial charge in [-0.05, 0) is 37.0 Å². The Balaban J connectivity index is 0.000000255. The Kier molecular flexibility index (Phi) is 11.2. The Hall–Kier alpha value is -3.05. The summed E-state index contributed by atoms with van der Waals surface area (Å²) in [6.07, 6.45) is 3.00. The van der Waals surface area contributed by atoms with Gasteiger partial charge in [0.05, 0.1) is 21.1 Å². The number of piperidine rings is 1. The Morgan fingerprint density at radius 2 is 1.79 bits per heavy atom. The number of carboxylic acid groups (broad SMARTS) is 2. The van der Waals surface area contributed by atoms with Gasteiger partial charge < -0.3 is 25.2 Å². The number of para-hydroxylation sites is 1. The van der Waals surface area contributed by atoms with Crippen LogP contribution < -0.4 is 10.1 Å². The number of hydrogen-bond acceptors (Lipinski definition) is 6. The quantitative estimate of drug-likeness (QED) is 0.182. The number of carbonyl (C=O) groups is 2. The number of nitrogens with one attached hydrogen (secondary N) is 1. The van der Waals surface area contributed by atoms with E-state index in [-0.39, 0.29) is 38.5 Å². The van der Waals surface area contributed by atoms with Crippen molar-refractivity contribution < 1.29 is 28.9 Å². The highest BCUT2D eigenvalue weighted by atomic mass is 35.5. The first-order valence-electron chi connectivity index (χ1n) is 11.5. The number of halogens is 5. The molecular formula is C25H23Cl4FN4O5. The van der Waals surface area contributed by atoms with Crippen molar-refractivity contribution in [2.75, 3.05) is 18.5 Å². The third-order valence-electron chi connectivity index (χ3n) is 5.60. The first-order chi connectivity index (χ1) is 18.6. The summed E-state index contributed by atoms with van der Waals surface area (Å²) >= 11 is 23.0. The summed E-state index contributed by atoms with van der Waals surface area (Å²) in [5.74, 6) is -0.650. The molecule has 1 aliphatic heterocycles. The number of benzene rings is 2. The van der Waals surface area contributed by atoms with Gasteiger partial charge in [-0.15, -0.1) is 0 Å². The number of amides is 1. The SMILES string of the molecule is O=C(O)COc1cc(Cl)c(Cl)cc1Cl.O=C(O)N1CCCCC1c1ccccc1Nc1ncc(CF)c(Cl)n1. The third kappa shape index (κ3) is 8.47. The highest BCUT2D eigenvalue weighted by Crippen LogP contribution is 2.36. The van der Waals surface area contributed by atoms with Crippen molar-refractivity contribution in [3.8, 4) is 5.75 Å². The number of alkyl halides is 1. The molecule has 1 saturated heterocycles. The number of carboxylic acids is 1. The predicted octanol–water partition coefficient (Wildman–Crippen LogP) is 7.66. The lowest BCUT2D eigenvalue weighted by atomic mass is 9.94. The second-order valence-corrected chi connectivity index (χ2v) is 9.80. The van der Waals surface area contributed by atoms with Crippen LogP contribution >= 0.6 is 46.4 Å². The van der Waals surface area contributed by atoms with Gasteiger partial charge in [0, 0.05) is 30.1 Å². The fraction of sp³-hybridized carbons (Fsp3) is 0.280. The maximum atomic E-state index is 12.7. The summed E-state index contributed by atoms with van der Waals surface area (Å²) in [4.78, 5) is 31.3. The fourth-order valence-electron chi connectivity index (χ4n) is 3.80. The Bertz CT molecular complexity index is 1330. The lowest BCUT2D eigenvalue weighted by Gasteiger charge is -2.34. The number of aliphatic carboxylic acids is 1. The molecule has 3 N–H and O–H groups in total. The monoisotopic (exact) mass is 618 g/mol. The van der Waals surface area contributed by atoms with E-state index in [0.29, 0.717) is 17.3 Å². The van der Waals surface area contributed by atoms with Gasteiger partial charge in [0.2, 0.25) is 5.95 Å². The zero-order valence-electron chi connectivity index (χ0n) is 20.2. The molecule has 1 aliphatic rings. The number of anilines is 2. The summed E-state index contributed by atoms with van der Waals surface area (Å²) in [6, 6.07) is 9.98. The molecule has 1 atom stereocenters. The van der Waals surface area contributed by atoms with Crippen LogP contribution in [0.25, 0.3) is 0 Å². The number of hydrogen-bond donors (Lipinski definition) is 3. The minimum Gasteiger partial charge on any atom is -0.480 e. The summed E-state index contributed by atoms with van der Waals surface area (Å²) in [6.45, 7) is -0.690. The normalized spacial score (nSPS) is 14.7. The zero-order valence-corrected chi connectivity index (χ0v) is 23.2. The maximum Gasteiger partial charge on any atom is 0.407 e. The lowest BCUT2D eigenvalue weighted by Crippen LogP contribution is -2.37. The van der Waals surface area contributed by atoms with E-state index in [1.165, 1.54) is 23.2 Å². The van der Waals surface area contributed by atoms with Crippen LogP contribution in [-0.2, 0) is 11.5 Å². The van der Waals surface area contributed by atoms with Crippen LogP contribution in [0.5, 0.6) is 5.75 Å². The van der Waals surface area contributed by atoms with Gasteiger partial charge in [-0.25, -0.2) is 23.9 Å². The molecule has 1 fully saturated rings. The van der Waals surface area contributed by atoms with Gasteiger partial charge in [0.15, 0.2) is 6.61 Å². The van der Waals surface area contributed by atoms with Crippen LogP contribution in [0.15, 0.2) is 42.6 Å². The van der Waals surface area contributed by atoms with E-state index in [1.54, 1.807) is 0 Å². The van der Waals surface area contributed by atoms with E-state index >= 15 is 0 Å². The molecular weight excluding hydrogens is 597 g/mol. The van der Waals surface area contributed by atoms with E-state index in [2.05, 4.69) is 15.3 Å². The van der Waals surface area contributed by atoms with Crippen molar-refractivity contribution in [2.45, 2.75) is 32.0 Å². The molecule has 1 amide bonds. The summed E-state index contributed by atoms with van der Waals surface area (Å²) in [5, 5.41) is 21.7. The minimum absolute atomic E-state index is 0.0577. The smallest absolute Gasteiger partial charge is 0.407 e. The average molecular weight is 620 g/mol. The molecule has 4 rings (SSSR count). The van der Waals surface area contributed by atoms with E-state index in [1.807, 2.05) is 24.3 Å². The van der Waals surface area contributed by atoms with Gasteiger partial charge in [-0.3, -0.25) is 0 Å². The van der Waals surface area contributed by atoms with Gasteiger partial charge in [-0.2, -0.15) is 0 Å². The number of likely N-dealkylation sites (tertiary alicyclic amines) is 1. The second-order valence-electron chi connectivity index (χ2n) is 8.22. The van der Waals surface area contributed by atoms with Crippen LogP contribution in [0.2, 0.25) is 20.2 Å². The Labute approximate surface area is 243 Å². The van der Waals surface area contributed by atoms with Crippen LogP contribution in [0.3, 0.4) is 0 Å². The Morgan fingerprint density at radius 3 is 2.46 bits per heavy atom. The molecule has 0 bridgehead atoms. The van der Waals surface area contributed by atoms with Crippen LogP contribution in [0.1, 0.15) is 36.4 Å². The topological polar surface area (TPSA) is 125 Å². The molecule has 1 unspecified atom stereocenters. The van der Waals surface area contributed by atoms with E-state index in [9.17, 15) is 19.1 Å². The molecule has 0 radical (unpaired) electrons. The van der Waals surface area contributed by atoms with Crippen molar-refractivity contribution in [1.82, 2.24) is 14.9 Å². The van der Waals surface area contributed by atoms with Crippen molar-refractivity contribution in [2.24, 2.45) is 0 Å². The highest BCUT2D eigenvalue weighted by molar-refractivity contribution is 6.43. The number of aromatic nitrogens is 2. The molecule has 0 aliphatic carbocycles. The molecule has 0 saturated carbocycles. The van der Waals surface area contributed by atoms with Crippen molar-refractivity contribution in [3.05, 3.63) is 73.9 Å². The van der Waals surface area contributed by atoms with Gasteiger partial charge in [0.1, 0.15) is 17.6 Å². The second kappa shape index (κ2) is 14.4. The standard InChI is InChI=1S/C17H18ClFN4O2.C8H5Cl3O3/c18-15-11(9-19)10-20-16(22-15)21-13-6-2-1-5-12(13)14-7-3-4-8-23(14)17(24)25;9-4-1-6(11)7(2-5(4)10)14-3-8(12)13/h1-2,5-6,10,14H,3-4,7-9H2,(H,24,25)(H,20,21,22);1-2H,3H2,(H,12,13). The van der Waals surface area contributed by atoms with E-state index in [0.717, 1.165) is 24.8 Å². The maximum absolute atomic E-state index is 12.7. The zero-order chi connectivity index (χ0) is 28.5. The van der Waals surface area contributed by atoms with Crippen molar-refractivity contribution >= 4 is 70.1 Å². The number of ether oxygens (including phenoxy) is 1. The summed E-state index contributed by atoms with van der Waals surface area (Å²) in [5.41, 5.74) is 1.80.